The fraction of sp³-hybridized carbons (Fsp3) is 0.500. The Bertz CT molecular complexity index is 42.8. The normalized spacial score (nSPS) is 5.33. The minimum absolute atomic E-state index is 0.139. The Balaban J connectivity index is 0. The third kappa shape index (κ3) is 97.4. The number of carbonyl (C=O) groups is 1. The summed E-state index contributed by atoms with van der Waals surface area (Å²) < 4.78 is 0. The molecule has 6 heavy (non-hydrogen) atoms. The summed E-state index contributed by atoms with van der Waals surface area (Å²) in [6, 6.07) is 0. The molecule has 0 amide bonds. The van der Waals surface area contributed by atoms with E-state index < -0.39 is 0 Å². The Labute approximate surface area is 56.2 Å². The Kier molecular flexibility index (Phi) is 15.4. The molecule has 0 aromatic rings. The summed E-state index contributed by atoms with van der Waals surface area (Å²) in [4.78, 5) is 9.31. The average molecular weight is 174 g/mol. The van der Waals surface area contributed by atoms with E-state index >= 15 is 0 Å². The van der Waals surface area contributed by atoms with Crippen LogP contribution in [0.5, 0.6) is 0 Å². The zero-order chi connectivity index (χ0) is 5.58. The van der Waals surface area contributed by atoms with Crippen LogP contribution in [0.1, 0.15) is 6.92 Å². The van der Waals surface area contributed by atoms with E-state index in [1.807, 2.05) is 0 Å². The van der Waals surface area contributed by atoms with Crippen molar-refractivity contribution in [2.75, 3.05) is 0 Å². The van der Waals surface area contributed by atoms with Gasteiger partial charge >= 0.3 is 26.7 Å². The Morgan fingerprint density at radius 2 is 1.83 bits per heavy atom. The maximum absolute atomic E-state index is 9.31. The molecule has 0 aliphatic rings. The molecule has 0 atom stereocenters. The van der Waals surface area contributed by atoms with Gasteiger partial charge in [-0.15, -0.1) is 12.6 Å². The fourth-order valence-electron chi connectivity index (χ4n) is 0. The van der Waals surface area contributed by atoms with Gasteiger partial charge in [0.15, 0.2) is 5.12 Å². The molecule has 0 N–H and O–H groups in total. The van der Waals surface area contributed by atoms with Gasteiger partial charge in [0.05, 0.1) is 0 Å². The van der Waals surface area contributed by atoms with E-state index in [-0.39, 0.29) is 5.12 Å². The van der Waals surface area contributed by atoms with Crippen LogP contribution in [-0.4, -0.2) is 5.12 Å². The zero-order valence-corrected chi connectivity index (χ0v) is 8.15. The summed E-state index contributed by atoms with van der Waals surface area (Å²) in [7, 11) is 4.21. The number of hydrogen-bond acceptors (Lipinski definition) is 2. The molecule has 0 aromatic heterocycles. The summed E-state index contributed by atoms with van der Waals surface area (Å²) in [5.41, 5.74) is 0. The monoisotopic (exact) mass is 172 g/mol. The van der Waals surface area contributed by atoms with Gasteiger partial charge in [0, 0.05) is 6.92 Å². The number of rotatable bonds is 0. The summed E-state index contributed by atoms with van der Waals surface area (Å²) in [6.45, 7) is 1.39. The predicted molar refractivity (Wildman–Crippen MR) is 27.3 cm³/mol. The van der Waals surface area contributed by atoms with Crippen molar-refractivity contribution in [3.8, 4) is 0 Å². The summed E-state index contributed by atoms with van der Waals surface area (Å²) in [5.74, 6) is 0. The fourth-order valence-corrected chi connectivity index (χ4v) is 0. The van der Waals surface area contributed by atoms with Crippen LogP contribution >= 0.6 is 22.7 Å². The van der Waals surface area contributed by atoms with Crippen molar-refractivity contribution in [2.24, 2.45) is 0 Å². The van der Waals surface area contributed by atoms with Crippen molar-refractivity contribution in [1.29, 1.82) is 0 Å². The summed E-state index contributed by atoms with van der Waals surface area (Å²) in [5, 5.41) is -0.139. The standard InChI is InChI=1S/C2H4OS.S.Zn/c1-2(3)4;;/h1H3,(H,3,4);;. The molecular formula is C2H4OS2Zn. The Hall–Kier alpha value is 0.863. The molecule has 0 unspecified atom stereocenters. The van der Waals surface area contributed by atoms with Crippen molar-refractivity contribution >= 4 is 27.9 Å². The first-order chi connectivity index (χ1) is 2.73. The van der Waals surface area contributed by atoms with Crippen LogP contribution in [0.25, 0.3) is 0 Å². The summed E-state index contributed by atoms with van der Waals surface area (Å²) >= 11 is 4.29. The van der Waals surface area contributed by atoms with Crippen LogP contribution in [0.2, 0.25) is 0 Å². The predicted octanol–water partition coefficient (Wildman–Crippen LogP) is 1.11. The van der Waals surface area contributed by atoms with Gasteiger partial charge < -0.3 is 0 Å². The molecule has 0 heterocycles. The molecule has 0 fully saturated rings. The molecule has 0 saturated carbocycles. The molecule has 0 aliphatic carbocycles. The SMILES string of the molecule is CC(=O)S.[S]=[Zn]. The Morgan fingerprint density at radius 1 is 1.83 bits per heavy atom. The van der Waals surface area contributed by atoms with Crippen LogP contribution < -0.4 is 0 Å². The van der Waals surface area contributed by atoms with Gasteiger partial charge in [-0.2, -0.15) is 0 Å². The van der Waals surface area contributed by atoms with Gasteiger partial charge in [-0.1, -0.05) is 0 Å². The van der Waals surface area contributed by atoms with E-state index in [1.54, 1.807) is 0 Å². The van der Waals surface area contributed by atoms with Crippen LogP contribution in [-0.2, 0) is 21.4 Å². The number of carbonyl (C=O) groups excluding carboxylic acids is 1. The zero-order valence-electron chi connectivity index (χ0n) is 3.47. The first-order valence-corrected chi connectivity index (χ1v) is 5.87. The van der Waals surface area contributed by atoms with Crippen LogP contribution in [0.15, 0.2) is 0 Å². The van der Waals surface area contributed by atoms with E-state index in [0.29, 0.717) is 0 Å². The summed E-state index contributed by atoms with van der Waals surface area (Å²) in [6.07, 6.45) is 0. The topological polar surface area (TPSA) is 17.1 Å². The second-order valence-electron chi connectivity index (χ2n) is 0.519. The van der Waals surface area contributed by atoms with E-state index in [9.17, 15) is 4.79 Å². The molecule has 32 valence electrons. The minimum atomic E-state index is -0.139. The van der Waals surface area contributed by atoms with Crippen molar-refractivity contribution in [3.05, 3.63) is 0 Å². The quantitative estimate of drug-likeness (QED) is 0.437. The van der Waals surface area contributed by atoms with Gasteiger partial charge in [-0.05, 0) is 0 Å². The second-order valence-corrected chi connectivity index (χ2v) is 1.15. The average Bonchev–Trinajstić information content (AvgIpc) is 1.41. The second kappa shape index (κ2) is 9.29. The van der Waals surface area contributed by atoms with E-state index in [1.165, 1.54) is 6.92 Å². The van der Waals surface area contributed by atoms with Crippen molar-refractivity contribution in [2.45, 2.75) is 6.92 Å². The molecule has 0 radical (unpaired) electrons. The third-order valence-electron chi connectivity index (χ3n) is 0. The van der Waals surface area contributed by atoms with Gasteiger partial charge in [0.1, 0.15) is 0 Å². The van der Waals surface area contributed by atoms with Crippen molar-refractivity contribution < 1.29 is 21.4 Å². The molecule has 4 heteroatoms. The molecule has 0 bridgehead atoms. The van der Waals surface area contributed by atoms with Gasteiger partial charge in [0.2, 0.25) is 0 Å². The van der Waals surface area contributed by atoms with E-state index in [2.05, 4.69) is 22.7 Å². The van der Waals surface area contributed by atoms with Crippen LogP contribution in [0.4, 0.5) is 0 Å². The first-order valence-electron chi connectivity index (χ1n) is 1.22. The number of thiol groups is 1. The van der Waals surface area contributed by atoms with E-state index in [4.69, 9.17) is 0 Å². The van der Waals surface area contributed by atoms with Crippen LogP contribution in [0, 0.1) is 0 Å². The van der Waals surface area contributed by atoms with Crippen LogP contribution in [0.3, 0.4) is 0 Å². The molecule has 0 aliphatic heterocycles. The molecular weight excluding hydrogens is 170 g/mol. The third-order valence-corrected chi connectivity index (χ3v) is 0. The maximum atomic E-state index is 9.31. The molecule has 0 saturated heterocycles. The van der Waals surface area contributed by atoms with E-state index in [0.717, 1.165) is 16.6 Å². The molecule has 1 nitrogen and oxygen atoms in total. The molecule has 0 spiro atoms. The number of hydrogen-bond donors (Lipinski definition) is 1. The van der Waals surface area contributed by atoms with Gasteiger partial charge in [-0.3, -0.25) is 4.79 Å². The van der Waals surface area contributed by atoms with Gasteiger partial charge in [0.25, 0.3) is 0 Å². The Morgan fingerprint density at radius 3 is 1.83 bits per heavy atom. The first kappa shape index (κ1) is 9.98. The van der Waals surface area contributed by atoms with Crippen molar-refractivity contribution in [1.82, 2.24) is 0 Å². The van der Waals surface area contributed by atoms with Crippen molar-refractivity contribution in [3.63, 3.8) is 0 Å². The van der Waals surface area contributed by atoms with Gasteiger partial charge in [-0.25, -0.2) is 0 Å². The molecule has 0 aromatic carbocycles. The molecule has 0 rings (SSSR count).